The first-order valence-electron chi connectivity index (χ1n) is 4.97. The molecule has 0 saturated carbocycles. The van der Waals surface area contributed by atoms with Gasteiger partial charge in [0.15, 0.2) is 0 Å². The first-order valence-corrected chi connectivity index (χ1v) is 4.97. The fourth-order valence-electron chi connectivity index (χ4n) is 1.49. The van der Waals surface area contributed by atoms with E-state index >= 15 is 0 Å². The minimum absolute atomic E-state index is 0.101. The Morgan fingerprint density at radius 1 is 1.00 bits per heavy atom. The van der Waals surface area contributed by atoms with Crippen molar-refractivity contribution in [1.82, 2.24) is 4.57 Å². The van der Waals surface area contributed by atoms with Gasteiger partial charge in [0.05, 0.1) is 15.7 Å². The zero-order valence-electron chi connectivity index (χ0n) is 8.71. The summed E-state index contributed by atoms with van der Waals surface area (Å²) in [6, 6.07) is 12.5. The van der Waals surface area contributed by atoms with Crippen LogP contribution in [-0.4, -0.2) is 20.3 Å². The van der Waals surface area contributed by atoms with Crippen LogP contribution in [0.5, 0.6) is 0 Å². The summed E-state index contributed by atoms with van der Waals surface area (Å²) >= 11 is 0. The number of benzene rings is 1. The van der Waals surface area contributed by atoms with Gasteiger partial charge in [-0.3, -0.25) is 9.36 Å². The number of hydrogen-bond donors (Lipinski definition) is 0. The summed E-state index contributed by atoms with van der Waals surface area (Å²) in [5, 5.41) is 0. The smallest absolute Gasteiger partial charge is 0.255 e. The molecule has 74 valence electrons. The highest BCUT2D eigenvalue weighted by Gasteiger charge is 2.03. The molecule has 2 nitrogen and oxygen atoms in total. The fourth-order valence-corrected chi connectivity index (χ4v) is 1.49. The number of hydrogen-bond acceptors (Lipinski definition) is 1. The zero-order chi connectivity index (χ0) is 11.5. The van der Waals surface area contributed by atoms with Crippen LogP contribution in [0.25, 0.3) is 5.69 Å². The molecule has 4 heteroatoms. The third-order valence-corrected chi connectivity index (χ3v) is 2.35. The Balaban J connectivity index is 2.56. The van der Waals surface area contributed by atoms with E-state index in [2.05, 4.69) is 0 Å². The lowest BCUT2D eigenvalue weighted by atomic mass is 9.67. The van der Waals surface area contributed by atoms with Gasteiger partial charge in [-0.1, -0.05) is 30.0 Å². The Kier molecular flexibility index (Phi) is 3.00. The molecule has 1 heterocycles. The van der Waals surface area contributed by atoms with Crippen molar-refractivity contribution in [2.75, 3.05) is 0 Å². The monoisotopic (exact) mass is 205 g/mol. The molecule has 1 aromatic carbocycles. The SMILES string of the molecule is [B]C([B])c1ccc(=O)n(-c2ccccc2)c1. The van der Waals surface area contributed by atoms with Gasteiger partial charge in [-0.15, -0.1) is 0 Å². The molecule has 0 bridgehead atoms. The summed E-state index contributed by atoms with van der Waals surface area (Å²) in [6.45, 7) is 0. The molecule has 0 spiro atoms. The fraction of sp³-hybridized carbons (Fsp3) is 0.0833. The minimum atomic E-state index is -0.574. The lowest BCUT2D eigenvalue weighted by molar-refractivity contribution is 0.970. The van der Waals surface area contributed by atoms with Crippen LogP contribution in [0, 0.1) is 0 Å². The predicted molar refractivity (Wildman–Crippen MR) is 66.3 cm³/mol. The van der Waals surface area contributed by atoms with E-state index in [0.29, 0.717) is 0 Å². The van der Waals surface area contributed by atoms with Crippen molar-refractivity contribution < 1.29 is 0 Å². The van der Waals surface area contributed by atoms with Crippen molar-refractivity contribution in [3.05, 3.63) is 64.6 Å². The Bertz CT molecular complexity index is 534. The van der Waals surface area contributed by atoms with Crippen LogP contribution in [-0.2, 0) is 0 Å². The minimum Gasteiger partial charge on any atom is -0.284 e. The van der Waals surface area contributed by atoms with E-state index in [0.717, 1.165) is 11.3 Å². The van der Waals surface area contributed by atoms with Gasteiger partial charge in [0.2, 0.25) is 0 Å². The van der Waals surface area contributed by atoms with E-state index in [1.807, 2.05) is 30.3 Å². The average Bonchev–Trinajstić information content (AvgIpc) is 2.30. The number of nitrogens with zero attached hydrogens (tertiary/aromatic N) is 1. The summed E-state index contributed by atoms with van der Waals surface area (Å²) in [4.78, 5) is 11.7. The lowest BCUT2D eigenvalue weighted by Gasteiger charge is -2.10. The molecule has 0 N–H and O–H groups in total. The van der Waals surface area contributed by atoms with Crippen molar-refractivity contribution in [2.45, 2.75) is 5.72 Å². The predicted octanol–water partition coefficient (Wildman–Crippen LogP) is 1.17. The third-order valence-electron chi connectivity index (χ3n) is 2.35. The van der Waals surface area contributed by atoms with Crippen LogP contribution in [0.3, 0.4) is 0 Å². The molecule has 0 aliphatic rings. The van der Waals surface area contributed by atoms with Crippen LogP contribution in [0.2, 0.25) is 0 Å². The molecule has 0 fully saturated rings. The van der Waals surface area contributed by atoms with Crippen molar-refractivity contribution in [1.29, 1.82) is 0 Å². The van der Waals surface area contributed by atoms with E-state index < -0.39 is 5.72 Å². The van der Waals surface area contributed by atoms with E-state index in [9.17, 15) is 4.79 Å². The molecule has 0 unspecified atom stereocenters. The lowest BCUT2D eigenvalue weighted by Crippen LogP contribution is -2.18. The number of para-hydroxylation sites is 1. The second-order valence-corrected chi connectivity index (χ2v) is 3.53. The van der Waals surface area contributed by atoms with Crippen molar-refractivity contribution in [3.63, 3.8) is 0 Å². The van der Waals surface area contributed by atoms with Gasteiger partial charge >= 0.3 is 0 Å². The van der Waals surface area contributed by atoms with E-state index in [1.54, 1.807) is 12.3 Å². The summed E-state index contributed by atoms with van der Waals surface area (Å²) in [5.74, 6) is 0. The third kappa shape index (κ3) is 2.11. The molecule has 16 heavy (non-hydrogen) atoms. The first-order chi connectivity index (χ1) is 7.68. The van der Waals surface area contributed by atoms with Crippen LogP contribution < -0.4 is 5.56 Å². The largest absolute Gasteiger partial charge is 0.284 e. The quantitative estimate of drug-likeness (QED) is 0.674. The van der Waals surface area contributed by atoms with Gasteiger partial charge < -0.3 is 0 Å². The maximum Gasteiger partial charge on any atom is 0.255 e. The Labute approximate surface area is 96.7 Å². The summed E-state index contributed by atoms with van der Waals surface area (Å²) in [6.07, 6.45) is 1.67. The number of aromatic nitrogens is 1. The summed E-state index contributed by atoms with van der Waals surface area (Å²) in [5.41, 5.74) is 0.851. The Hall–Kier alpha value is -1.70. The van der Waals surface area contributed by atoms with Crippen LogP contribution >= 0.6 is 0 Å². The molecular formula is C12H9B2NO. The molecule has 0 atom stereocenters. The van der Waals surface area contributed by atoms with Crippen LogP contribution in [0.1, 0.15) is 11.3 Å². The standard InChI is InChI=1S/C12H9B2NO/c13-12(14)9-6-7-11(16)15(8-9)10-4-2-1-3-5-10/h1-8,12H. The zero-order valence-corrected chi connectivity index (χ0v) is 8.71. The Morgan fingerprint density at radius 3 is 2.31 bits per heavy atom. The highest BCUT2D eigenvalue weighted by molar-refractivity contribution is 6.35. The highest BCUT2D eigenvalue weighted by Crippen LogP contribution is 2.09. The summed E-state index contributed by atoms with van der Waals surface area (Å²) in [7, 11) is 11.1. The molecule has 0 aliphatic carbocycles. The molecule has 2 rings (SSSR count). The van der Waals surface area contributed by atoms with Gasteiger partial charge in [-0.05, 0) is 17.7 Å². The normalized spacial score (nSPS) is 10.6. The van der Waals surface area contributed by atoms with Gasteiger partial charge in [0.25, 0.3) is 5.56 Å². The van der Waals surface area contributed by atoms with Crippen molar-refractivity contribution in [2.24, 2.45) is 0 Å². The van der Waals surface area contributed by atoms with Gasteiger partial charge in [-0.2, -0.15) is 0 Å². The highest BCUT2D eigenvalue weighted by atomic mass is 16.1. The van der Waals surface area contributed by atoms with Crippen molar-refractivity contribution in [3.8, 4) is 5.69 Å². The Morgan fingerprint density at radius 2 is 1.69 bits per heavy atom. The topological polar surface area (TPSA) is 22.0 Å². The molecule has 4 radical (unpaired) electrons. The number of pyridine rings is 1. The molecular weight excluding hydrogens is 196 g/mol. The number of rotatable bonds is 2. The van der Waals surface area contributed by atoms with Crippen LogP contribution in [0.15, 0.2) is 53.5 Å². The van der Waals surface area contributed by atoms with E-state index in [4.69, 9.17) is 15.7 Å². The molecule has 0 amide bonds. The average molecular weight is 205 g/mol. The maximum absolute atomic E-state index is 11.7. The van der Waals surface area contributed by atoms with Gasteiger partial charge in [-0.25, -0.2) is 0 Å². The van der Waals surface area contributed by atoms with Crippen LogP contribution in [0.4, 0.5) is 0 Å². The second-order valence-electron chi connectivity index (χ2n) is 3.53. The first kappa shape index (κ1) is 10.8. The molecule has 1 aromatic heterocycles. The maximum atomic E-state index is 11.7. The van der Waals surface area contributed by atoms with E-state index in [-0.39, 0.29) is 5.56 Å². The van der Waals surface area contributed by atoms with E-state index in [1.165, 1.54) is 10.6 Å². The molecule has 0 saturated heterocycles. The van der Waals surface area contributed by atoms with Gasteiger partial charge in [0, 0.05) is 18.0 Å². The second kappa shape index (κ2) is 4.44. The van der Waals surface area contributed by atoms with Crippen molar-refractivity contribution >= 4 is 15.7 Å². The van der Waals surface area contributed by atoms with Gasteiger partial charge in [0.1, 0.15) is 0 Å². The molecule has 2 aromatic rings. The molecule has 0 aliphatic heterocycles. The summed E-state index contributed by atoms with van der Waals surface area (Å²) < 4.78 is 1.53.